The van der Waals surface area contributed by atoms with E-state index in [9.17, 15) is 19.8 Å². The van der Waals surface area contributed by atoms with Crippen LogP contribution in [0.4, 0.5) is 0 Å². The molecule has 0 spiro atoms. The molecule has 1 amide bonds. The average Bonchev–Trinajstić information content (AvgIpc) is 3.21. The van der Waals surface area contributed by atoms with Gasteiger partial charge in [0.15, 0.2) is 0 Å². The van der Waals surface area contributed by atoms with Crippen LogP contribution < -0.4 is 5.32 Å². The van der Waals surface area contributed by atoms with Gasteiger partial charge in [-0.3, -0.25) is 9.59 Å². The molecule has 3 N–H and O–H groups in total. The topological polar surface area (TPSA) is 95.9 Å². The molecule has 332 valence electrons. The number of esters is 1. The zero-order chi connectivity index (χ0) is 41.5. The predicted molar refractivity (Wildman–Crippen MR) is 245 cm³/mol. The van der Waals surface area contributed by atoms with E-state index in [-0.39, 0.29) is 18.5 Å². The molecule has 6 heteroatoms. The van der Waals surface area contributed by atoms with Gasteiger partial charge in [0.2, 0.25) is 5.91 Å². The van der Waals surface area contributed by atoms with Crippen LogP contribution in [0.3, 0.4) is 0 Å². The molecule has 0 bridgehead atoms. The Balaban J connectivity index is 3.58. The van der Waals surface area contributed by atoms with Crippen LogP contribution in [0, 0.1) is 0 Å². The van der Waals surface area contributed by atoms with E-state index in [0.29, 0.717) is 19.4 Å². The van der Waals surface area contributed by atoms with E-state index in [1.54, 1.807) is 6.08 Å². The van der Waals surface area contributed by atoms with Crippen molar-refractivity contribution >= 4 is 11.9 Å². The fourth-order valence-electron chi connectivity index (χ4n) is 7.03. The first kappa shape index (κ1) is 54.8. The molecule has 0 saturated carbocycles. The molecule has 0 fully saturated rings. The van der Waals surface area contributed by atoms with Crippen LogP contribution in [0.5, 0.6) is 0 Å². The number of rotatable bonds is 44. The van der Waals surface area contributed by atoms with Crippen LogP contribution >= 0.6 is 0 Å². The van der Waals surface area contributed by atoms with Crippen molar-refractivity contribution in [3.8, 4) is 0 Å². The second-order valence-electron chi connectivity index (χ2n) is 16.5. The molecule has 0 radical (unpaired) electrons. The Labute approximate surface area is 353 Å². The Morgan fingerprint density at radius 2 is 0.877 bits per heavy atom. The van der Waals surface area contributed by atoms with Gasteiger partial charge in [0.1, 0.15) is 0 Å². The minimum Gasteiger partial charge on any atom is -0.466 e. The molecule has 6 nitrogen and oxygen atoms in total. The molecule has 0 aliphatic heterocycles. The van der Waals surface area contributed by atoms with Crippen molar-refractivity contribution in [1.82, 2.24) is 5.32 Å². The van der Waals surface area contributed by atoms with Crippen LogP contribution in [0.1, 0.15) is 239 Å². The SMILES string of the molecule is CCCCC/C=C\CCCCCCCC(=O)OCCCCC/C=C\C=C/CCCCCCCCC(=O)NC(CO)C(O)/C=C/CCCCCCCCCCCCC. The Hall–Kier alpha value is -2.18. The van der Waals surface area contributed by atoms with Crippen LogP contribution in [-0.2, 0) is 14.3 Å². The van der Waals surface area contributed by atoms with Crippen LogP contribution in [0.25, 0.3) is 0 Å². The number of nitrogens with one attached hydrogen (secondary N) is 1. The summed E-state index contributed by atoms with van der Waals surface area (Å²) in [7, 11) is 0. The van der Waals surface area contributed by atoms with E-state index in [1.165, 1.54) is 135 Å². The first-order valence-electron chi connectivity index (χ1n) is 24.4. The molecule has 0 aliphatic carbocycles. The first-order valence-corrected chi connectivity index (χ1v) is 24.4. The third-order valence-corrected chi connectivity index (χ3v) is 10.8. The molecule has 0 aliphatic rings. The van der Waals surface area contributed by atoms with Gasteiger partial charge in [-0.1, -0.05) is 184 Å². The van der Waals surface area contributed by atoms with Gasteiger partial charge in [0.05, 0.1) is 25.4 Å². The maximum Gasteiger partial charge on any atom is 0.305 e. The van der Waals surface area contributed by atoms with Crippen molar-refractivity contribution in [2.75, 3.05) is 13.2 Å². The lowest BCUT2D eigenvalue weighted by atomic mass is 10.0. The van der Waals surface area contributed by atoms with Crippen LogP contribution in [-0.4, -0.2) is 47.4 Å². The standard InChI is InChI=1S/C51H93NO5/c1-3-5-7-9-11-13-15-20-23-27-31-35-39-43-49(54)48(47-53)52-50(55)44-40-36-32-28-24-21-18-17-19-22-26-30-34-38-42-46-57-51(56)45-41-37-33-29-25-16-14-12-10-8-6-4-2/h12,14,17,19,22,26,39,43,48-49,53-54H,3-11,13,15-16,18,20-21,23-25,27-38,40-42,44-47H2,1-2H3,(H,52,55)/b14-12-,19-17-,26-22-,43-39+. The first-order chi connectivity index (χ1) is 28.0. The number of amides is 1. The fraction of sp³-hybridized carbons (Fsp3) is 0.804. The lowest BCUT2D eigenvalue weighted by Crippen LogP contribution is -2.45. The molecule has 0 aromatic heterocycles. The van der Waals surface area contributed by atoms with Crippen molar-refractivity contribution in [3.63, 3.8) is 0 Å². The Kier molecular flexibility index (Phi) is 44.7. The van der Waals surface area contributed by atoms with Gasteiger partial charge in [0, 0.05) is 12.8 Å². The van der Waals surface area contributed by atoms with Crippen LogP contribution in [0.15, 0.2) is 48.6 Å². The number of carbonyl (C=O) groups excluding carboxylic acids is 2. The summed E-state index contributed by atoms with van der Waals surface area (Å²) in [4.78, 5) is 24.4. The molecular weight excluding hydrogens is 707 g/mol. The number of aliphatic hydroxyl groups excluding tert-OH is 2. The fourth-order valence-corrected chi connectivity index (χ4v) is 7.03. The molecule has 0 heterocycles. The lowest BCUT2D eigenvalue weighted by Gasteiger charge is -2.20. The van der Waals surface area contributed by atoms with Crippen molar-refractivity contribution in [3.05, 3.63) is 48.6 Å². The van der Waals surface area contributed by atoms with Crippen molar-refractivity contribution in [1.29, 1.82) is 0 Å². The van der Waals surface area contributed by atoms with Crippen molar-refractivity contribution in [2.24, 2.45) is 0 Å². The Bertz CT molecular complexity index is 973. The van der Waals surface area contributed by atoms with E-state index in [4.69, 9.17) is 4.74 Å². The number of aliphatic hydroxyl groups is 2. The third kappa shape index (κ3) is 43.2. The van der Waals surface area contributed by atoms with E-state index in [2.05, 4.69) is 55.6 Å². The van der Waals surface area contributed by atoms with Gasteiger partial charge in [-0.2, -0.15) is 0 Å². The zero-order valence-corrected chi connectivity index (χ0v) is 37.6. The largest absolute Gasteiger partial charge is 0.466 e. The predicted octanol–water partition coefficient (Wildman–Crippen LogP) is 14.3. The number of carbonyl (C=O) groups is 2. The summed E-state index contributed by atoms with van der Waals surface area (Å²) in [5, 5.41) is 23.0. The Morgan fingerprint density at radius 1 is 0.491 bits per heavy atom. The highest BCUT2D eigenvalue weighted by Crippen LogP contribution is 2.14. The summed E-state index contributed by atoms with van der Waals surface area (Å²) >= 11 is 0. The maximum atomic E-state index is 12.4. The van der Waals surface area contributed by atoms with Crippen molar-refractivity contribution < 1.29 is 24.5 Å². The maximum absolute atomic E-state index is 12.4. The number of unbranched alkanes of at least 4 members (excludes halogenated alkanes) is 28. The summed E-state index contributed by atoms with van der Waals surface area (Å²) in [5.74, 6) is -0.127. The summed E-state index contributed by atoms with van der Waals surface area (Å²) in [6, 6.07) is -0.644. The van der Waals surface area contributed by atoms with Gasteiger partial charge in [-0.05, 0) is 89.9 Å². The third-order valence-electron chi connectivity index (χ3n) is 10.8. The second-order valence-corrected chi connectivity index (χ2v) is 16.5. The summed E-state index contributed by atoms with van der Waals surface area (Å²) in [6.45, 7) is 4.79. The zero-order valence-electron chi connectivity index (χ0n) is 37.6. The lowest BCUT2D eigenvalue weighted by molar-refractivity contribution is -0.143. The van der Waals surface area contributed by atoms with Gasteiger partial charge < -0.3 is 20.3 Å². The van der Waals surface area contributed by atoms with Gasteiger partial charge >= 0.3 is 5.97 Å². The summed E-state index contributed by atoms with van der Waals surface area (Å²) in [5.41, 5.74) is 0. The van der Waals surface area contributed by atoms with E-state index >= 15 is 0 Å². The highest BCUT2D eigenvalue weighted by atomic mass is 16.5. The smallest absolute Gasteiger partial charge is 0.305 e. The highest BCUT2D eigenvalue weighted by Gasteiger charge is 2.18. The molecule has 0 aromatic carbocycles. The minimum atomic E-state index is -0.858. The monoisotopic (exact) mass is 800 g/mol. The van der Waals surface area contributed by atoms with Gasteiger partial charge in [0.25, 0.3) is 0 Å². The second kappa shape index (κ2) is 46.5. The van der Waals surface area contributed by atoms with E-state index < -0.39 is 12.1 Å². The van der Waals surface area contributed by atoms with E-state index in [0.717, 1.165) is 77.0 Å². The average molecular weight is 800 g/mol. The molecular formula is C51H93NO5. The number of allylic oxidation sites excluding steroid dienone is 7. The molecule has 2 atom stereocenters. The molecule has 0 aromatic rings. The van der Waals surface area contributed by atoms with Gasteiger partial charge in [-0.15, -0.1) is 0 Å². The molecule has 57 heavy (non-hydrogen) atoms. The van der Waals surface area contributed by atoms with E-state index in [1.807, 2.05) is 6.08 Å². The quantitative estimate of drug-likeness (QED) is 0.0247. The number of ether oxygens (including phenoxy) is 1. The molecule has 2 unspecified atom stereocenters. The van der Waals surface area contributed by atoms with Crippen LogP contribution in [0.2, 0.25) is 0 Å². The van der Waals surface area contributed by atoms with Gasteiger partial charge in [-0.25, -0.2) is 0 Å². The highest BCUT2D eigenvalue weighted by molar-refractivity contribution is 5.76. The summed E-state index contributed by atoms with van der Waals surface area (Å²) < 4.78 is 5.42. The van der Waals surface area contributed by atoms with Crippen molar-refractivity contribution in [2.45, 2.75) is 251 Å². The normalized spacial score (nSPS) is 13.1. The summed E-state index contributed by atoms with van der Waals surface area (Å²) in [6.07, 6.45) is 56.7. The minimum absolute atomic E-state index is 0.0341. The number of hydrogen-bond acceptors (Lipinski definition) is 5. The molecule has 0 saturated heterocycles. The number of hydrogen-bond donors (Lipinski definition) is 3. The Morgan fingerprint density at radius 3 is 1.39 bits per heavy atom. The molecule has 0 rings (SSSR count).